The van der Waals surface area contributed by atoms with Crippen molar-refractivity contribution < 1.29 is 0 Å². The molecule has 0 fully saturated rings. The monoisotopic (exact) mass is 1020 g/mol. The molecule has 0 amide bonds. The molecule has 0 N–H and O–H groups in total. The van der Waals surface area contributed by atoms with Gasteiger partial charge in [0.25, 0.3) is 0 Å². The Balaban J connectivity index is 1.06. The maximum atomic E-state index is 2.75. The van der Waals surface area contributed by atoms with Crippen LogP contribution in [0.4, 0.5) is 0 Å². The molecule has 0 atom stereocenters. The van der Waals surface area contributed by atoms with Crippen molar-refractivity contribution >= 4 is 129 Å². The standard InChI is InChI=1S/C81H52/c1-77-69-37-61-53-29-13-5-21-45(53)47-23-7-15-31-55(47)63(61)39-71(69)78(2)73-41-65-57-33-17-9-25-49(57)51-27-11-19-35-59(51)67(65)43-75(73)80(4)76-44-68-60-36-20-12-28-52(60)50-26-10-18-34-58(50)66(68)42-74(76)79(3,81(77,78)80)72-40-64-56-32-16-8-24-48(56)46-22-6-14-30-54(46)62(64)38-70(72)77/h5-44H,1-4H3. The van der Waals surface area contributed by atoms with E-state index in [1.54, 1.807) is 0 Å². The minimum Gasteiger partial charge on any atom is -0.0616 e. The van der Waals surface area contributed by atoms with Gasteiger partial charge < -0.3 is 0 Å². The molecule has 20 rings (SSSR count). The van der Waals surface area contributed by atoms with E-state index in [1.807, 2.05) is 0 Å². The van der Waals surface area contributed by atoms with E-state index < -0.39 is 27.1 Å². The third kappa shape index (κ3) is 4.41. The first-order valence-corrected chi connectivity index (χ1v) is 29.2. The molecule has 0 aromatic heterocycles. The lowest BCUT2D eigenvalue weighted by molar-refractivity contribution is 0.0254. The summed E-state index contributed by atoms with van der Waals surface area (Å²) in [5.41, 5.74) is 9.18. The van der Waals surface area contributed by atoms with E-state index >= 15 is 0 Å². The highest BCUT2D eigenvalue weighted by Gasteiger charge is 2.89. The Labute approximate surface area is 468 Å². The maximum absolute atomic E-state index is 2.75. The number of hydrogen-bond acceptors (Lipinski definition) is 0. The summed E-state index contributed by atoms with van der Waals surface area (Å²) in [6, 6.07) is 95.6. The molecule has 0 heterocycles. The van der Waals surface area contributed by atoms with Gasteiger partial charge in [0.1, 0.15) is 0 Å². The molecule has 0 saturated heterocycles. The summed E-state index contributed by atoms with van der Waals surface area (Å²) in [5, 5.41) is 31.8. The van der Waals surface area contributed by atoms with Crippen molar-refractivity contribution in [3.63, 3.8) is 0 Å². The molecule has 1 spiro atoms. The lowest BCUT2D eigenvalue weighted by Gasteiger charge is -2.57. The lowest BCUT2D eigenvalue weighted by Crippen LogP contribution is -2.60. The molecule has 81 heavy (non-hydrogen) atoms. The summed E-state index contributed by atoms with van der Waals surface area (Å²) in [6.45, 7) is 11.0. The SMILES string of the molecule is CC12c3cc4c5ccccc5c5ccccc5c4cc3C3(C)c4cc5c6ccccc6c6ccccc6c5cc4C4(C)c5cc6c7ccccc7c7ccccc7c6cc5C(C)(c5cc6c7ccccc7c7ccccc7c6cc51)C234. The first-order chi connectivity index (χ1) is 39.7. The minimum atomic E-state index is -0.525. The molecule has 4 aliphatic carbocycles. The Morgan fingerprint density at radius 2 is 0.247 bits per heavy atom. The Morgan fingerprint density at radius 1 is 0.148 bits per heavy atom. The van der Waals surface area contributed by atoms with Crippen molar-refractivity contribution in [1.82, 2.24) is 0 Å². The van der Waals surface area contributed by atoms with Crippen molar-refractivity contribution in [2.45, 2.75) is 49.4 Å². The Bertz CT molecular complexity index is 4690. The quantitative estimate of drug-likeness (QED) is 0.133. The first kappa shape index (κ1) is 43.5. The van der Waals surface area contributed by atoms with Crippen LogP contribution >= 0.6 is 0 Å². The number of benzene rings is 16. The highest BCUT2D eigenvalue weighted by Crippen LogP contribution is 2.90. The van der Waals surface area contributed by atoms with Crippen molar-refractivity contribution in [2.75, 3.05) is 0 Å². The van der Waals surface area contributed by atoms with Gasteiger partial charge in [0, 0.05) is 27.1 Å². The molecule has 0 nitrogen and oxygen atoms in total. The summed E-state index contributed by atoms with van der Waals surface area (Å²) in [7, 11) is 0. The molecular formula is C81H52. The van der Waals surface area contributed by atoms with E-state index in [0.717, 1.165) is 0 Å². The van der Waals surface area contributed by atoms with Crippen LogP contribution in [0.1, 0.15) is 72.2 Å². The second kappa shape index (κ2) is 14.0. The van der Waals surface area contributed by atoms with Gasteiger partial charge in [0.05, 0.1) is 0 Å². The fourth-order valence-electron chi connectivity index (χ4n) is 20.3. The van der Waals surface area contributed by atoms with Gasteiger partial charge in [-0.3, -0.25) is 0 Å². The van der Waals surface area contributed by atoms with E-state index in [4.69, 9.17) is 0 Å². The molecule has 0 heteroatoms. The number of hydrogen-bond donors (Lipinski definition) is 0. The highest BCUT2D eigenvalue weighted by atomic mass is 14.9. The number of rotatable bonds is 0. The second-order valence-corrected chi connectivity index (χ2v) is 25.4. The maximum Gasteiger partial charge on any atom is 0.0272 e. The molecule has 16 aromatic rings. The zero-order valence-corrected chi connectivity index (χ0v) is 45.6. The minimum absolute atomic E-state index is 0.507. The van der Waals surface area contributed by atoms with Crippen LogP contribution in [0.25, 0.3) is 129 Å². The first-order valence-electron chi connectivity index (χ1n) is 29.2. The zero-order valence-electron chi connectivity index (χ0n) is 45.6. The predicted octanol–water partition coefficient (Wildman–Crippen LogP) is 21.1. The predicted molar refractivity (Wildman–Crippen MR) is 344 cm³/mol. The van der Waals surface area contributed by atoms with Crippen LogP contribution in [0.15, 0.2) is 243 Å². The zero-order chi connectivity index (χ0) is 53.3. The van der Waals surface area contributed by atoms with Crippen LogP contribution in [-0.4, -0.2) is 0 Å². The van der Waals surface area contributed by atoms with Crippen LogP contribution in [0, 0.1) is 5.41 Å². The molecular weight excluding hydrogens is 973 g/mol. The fraction of sp³-hybridized carbons (Fsp3) is 0.111. The van der Waals surface area contributed by atoms with E-state index in [1.165, 1.54) is 174 Å². The van der Waals surface area contributed by atoms with Crippen LogP contribution in [0.3, 0.4) is 0 Å². The van der Waals surface area contributed by atoms with Gasteiger partial charge in [0.15, 0.2) is 0 Å². The van der Waals surface area contributed by atoms with E-state index in [9.17, 15) is 0 Å². The van der Waals surface area contributed by atoms with Crippen LogP contribution in [0.5, 0.6) is 0 Å². The van der Waals surface area contributed by atoms with E-state index in [2.05, 4.69) is 270 Å². The third-order valence-corrected chi connectivity index (χ3v) is 22.8. The van der Waals surface area contributed by atoms with Gasteiger partial charge in [-0.1, -0.05) is 222 Å². The van der Waals surface area contributed by atoms with Gasteiger partial charge in [-0.2, -0.15) is 0 Å². The van der Waals surface area contributed by atoms with Gasteiger partial charge in [0.2, 0.25) is 0 Å². The second-order valence-electron chi connectivity index (χ2n) is 25.4. The molecule has 0 radical (unpaired) electrons. The summed E-state index contributed by atoms with van der Waals surface area (Å²) >= 11 is 0. The Morgan fingerprint density at radius 3 is 0.358 bits per heavy atom. The third-order valence-electron chi connectivity index (χ3n) is 22.8. The van der Waals surface area contributed by atoms with Crippen LogP contribution in [-0.2, 0) is 21.7 Å². The summed E-state index contributed by atoms with van der Waals surface area (Å²) in [6.07, 6.45) is 0. The fourth-order valence-corrected chi connectivity index (χ4v) is 20.3. The Kier molecular flexibility index (Phi) is 7.50. The van der Waals surface area contributed by atoms with E-state index in [-0.39, 0.29) is 0 Å². The molecule has 0 bridgehead atoms. The van der Waals surface area contributed by atoms with Crippen molar-refractivity contribution in [3.8, 4) is 0 Å². The average molecular weight is 1030 g/mol. The average Bonchev–Trinajstić information content (AvgIpc) is 1.41. The van der Waals surface area contributed by atoms with E-state index in [0.29, 0.717) is 0 Å². The van der Waals surface area contributed by atoms with Gasteiger partial charge in [-0.05, 0) is 222 Å². The van der Waals surface area contributed by atoms with Crippen LogP contribution < -0.4 is 0 Å². The van der Waals surface area contributed by atoms with Crippen LogP contribution in [0.2, 0.25) is 0 Å². The molecule has 376 valence electrons. The van der Waals surface area contributed by atoms with Gasteiger partial charge >= 0.3 is 0 Å². The summed E-state index contributed by atoms with van der Waals surface area (Å²) in [4.78, 5) is 0. The normalized spacial score (nSPS) is 23.1. The van der Waals surface area contributed by atoms with Crippen molar-refractivity contribution in [1.29, 1.82) is 0 Å². The molecule has 16 aromatic carbocycles. The molecule has 4 aliphatic rings. The summed E-state index contributed by atoms with van der Waals surface area (Å²) < 4.78 is 0. The number of fused-ring (bicyclic) bond motifs is 36. The lowest BCUT2D eigenvalue weighted by atomic mass is 9.43. The topological polar surface area (TPSA) is 0 Å². The molecule has 0 saturated carbocycles. The molecule has 0 aliphatic heterocycles. The highest BCUT2D eigenvalue weighted by molar-refractivity contribution is 6.30. The largest absolute Gasteiger partial charge is 0.0616 e. The Hall–Kier alpha value is -9.36. The molecule has 0 unspecified atom stereocenters. The van der Waals surface area contributed by atoms with Crippen molar-refractivity contribution in [2.24, 2.45) is 5.41 Å². The smallest absolute Gasteiger partial charge is 0.0272 e. The van der Waals surface area contributed by atoms with Crippen molar-refractivity contribution in [3.05, 3.63) is 287 Å². The van der Waals surface area contributed by atoms with Gasteiger partial charge in [-0.25, -0.2) is 0 Å². The summed E-state index contributed by atoms with van der Waals surface area (Å²) in [5.74, 6) is 0. The van der Waals surface area contributed by atoms with Gasteiger partial charge in [-0.15, -0.1) is 0 Å².